The first-order valence-electron chi connectivity index (χ1n) is 8.51. The largest absolute Gasteiger partial charge is 0.324 e. The van der Waals surface area contributed by atoms with Gasteiger partial charge in [-0.1, -0.05) is 43.7 Å². The molecule has 2 aromatic carbocycles. The van der Waals surface area contributed by atoms with Crippen LogP contribution in [-0.4, -0.2) is 15.6 Å². The van der Waals surface area contributed by atoms with E-state index in [2.05, 4.69) is 34.7 Å². The summed E-state index contributed by atoms with van der Waals surface area (Å²) in [5.41, 5.74) is 3.04. The molecule has 0 saturated carbocycles. The number of urea groups is 1. The molecule has 1 heterocycles. The average Bonchev–Trinajstić information content (AvgIpc) is 3.10. The Morgan fingerprint density at radius 2 is 1.80 bits per heavy atom. The third-order valence-corrected chi connectivity index (χ3v) is 3.91. The Labute approximate surface area is 147 Å². The van der Waals surface area contributed by atoms with Crippen LogP contribution in [0.25, 0.3) is 5.69 Å². The summed E-state index contributed by atoms with van der Waals surface area (Å²) in [6, 6.07) is 17.5. The molecule has 1 aromatic heterocycles. The lowest BCUT2D eigenvalue weighted by Crippen LogP contribution is -2.19. The molecule has 25 heavy (non-hydrogen) atoms. The molecule has 0 aliphatic heterocycles. The van der Waals surface area contributed by atoms with Gasteiger partial charge in [0.15, 0.2) is 5.82 Å². The SMILES string of the molecule is CCCCc1ccc(NC(=O)Nc2cn(-c3ccccc3)cn2)cc1. The van der Waals surface area contributed by atoms with Gasteiger partial charge in [-0.25, -0.2) is 9.78 Å². The average molecular weight is 334 g/mol. The van der Waals surface area contributed by atoms with E-state index in [4.69, 9.17) is 0 Å². The number of imidazole rings is 1. The maximum atomic E-state index is 12.1. The van der Waals surface area contributed by atoms with E-state index in [1.165, 1.54) is 18.4 Å². The Hall–Kier alpha value is -3.08. The van der Waals surface area contributed by atoms with Crippen molar-refractivity contribution in [2.45, 2.75) is 26.2 Å². The second-order valence-corrected chi connectivity index (χ2v) is 5.88. The molecule has 0 spiro atoms. The predicted octanol–water partition coefficient (Wildman–Crippen LogP) is 4.86. The first kappa shape index (κ1) is 16.8. The fraction of sp³-hybridized carbons (Fsp3) is 0.200. The number of carbonyl (C=O) groups is 1. The molecule has 0 fully saturated rings. The third-order valence-electron chi connectivity index (χ3n) is 3.91. The lowest BCUT2D eigenvalue weighted by Gasteiger charge is -2.07. The quantitative estimate of drug-likeness (QED) is 0.676. The zero-order chi connectivity index (χ0) is 17.5. The predicted molar refractivity (Wildman–Crippen MR) is 101 cm³/mol. The first-order valence-corrected chi connectivity index (χ1v) is 8.51. The number of carbonyl (C=O) groups excluding carboxylic acids is 1. The lowest BCUT2D eigenvalue weighted by atomic mass is 10.1. The molecule has 2 N–H and O–H groups in total. The molecule has 5 nitrogen and oxygen atoms in total. The number of rotatable bonds is 6. The molecule has 0 saturated heterocycles. The highest BCUT2D eigenvalue weighted by molar-refractivity contribution is 5.99. The van der Waals surface area contributed by atoms with Gasteiger partial charge in [-0.05, 0) is 42.7 Å². The van der Waals surface area contributed by atoms with E-state index in [0.29, 0.717) is 5.82 Å². The summed E-state index contributed by atoms with van der Waals surface area (Å²) < 4.78 is 1.86. The standard InChI is InChI=1S/C20H22N4O/c1-2-3-7-16-10-12-17(13-11-16)22-20(25)23-19-14-24(15-21-19)18-8-5-4-6-9-18/h4-6,8-15H,2-3,7H2,1H3,(H2,22,23,25). The van der Waals surface area contributed by atoms with Crippen LogP contribution in [-0.2, 0) is 6.42 Å². The topological polar surface area (TPSA) is 59.0 Å². The van der Waals surface area contributed by atoms with Crippen LogP contribution in [0.15, 0.2) is 67.1 Å². The number of nitrogens with zero attached hydrogens (tertiary/aromatic N) is 2. The lowest BCUT2D eigenvalue weighted by molar-refractivity contribution is 0.262. The molecule has 0 aliphatic carbocycles. The number of benzene rings is 2. The Morgan fingerprint density at radius 3 is 2.52 bits per heavy atom. The second kappa shape index (κ2) is 8.15. The number of hydrogen-bond acceptors (Lipinski definition) is 2. The molecular formula is C20H22N4O. The molecule has 0 bridgehead atoms. The molecule has 2 amide bonds. The van der Waals surface area contributed by atoms with E-state index in [9.17, 15) is 4.79 Å². The van der Waals surface area contributed by atoms with Crippen LogP contribution in [0.4, 0.5) is 16.3 Å². The van der Waals surface area contributed by atoms with E-state index in [0.717, 1.165) is 17.8 Å². The van der Waals surface area contributed by atoms with Gasteiger partial charge >= 0.3 is 6.03 Å². The number of aryl methyl sites for hydroxylation is 1. The van der Waals surface area contributed by atoms with Crippen LogP contribution in [0, 0.1) is 0 Å². The van der Waals surface area contributed by atoms with Crippen molar-refractivity contribution in [3.8, 4) is 5.69 Å². The Kier molecular flexibility index (Phi) is 5.46. The van der Waals surface area contributed by atoms with E-state index in [-0.39, 0.29) is 6.03 Å². The summed E-state index contributed by atoms with van der Waals surface area (Å²) in [4.78, 5) is 16.3. The highest BCUT2D eigenvalue weighted by Gasteiger charge is 2.06. The summed E-state index contributed by atoms with van der Waals surface area (Å²) in [5, 5.41) is 5.57. The number of anilines is 2. The van der Waals surface area contributed by atoms with Gasteiger partial charge in [0.1, 0.15) is 6.33 Å². The molecule has 0 atom stereocenters. The fourth-order valence-corrected chi connectivity index (χ4v) is 2.54. The number of amides is 2. The summed E-state index contributed by atoms with van der Waals surface area (Å²) >= 11 is 0. The maximum Gasteiger partial charge on any atom is 0.324 e. The van der Waals surface area contributed by atoms with E-state index in [1.807, 2.05) is 47.0 Å². The summed E-state index contributed by atoms with van der Waals surface area (Å²) in [7, 11) is 0. The van der Waals surface area contributed by atoms with Crippen molar-refractivity contribution < 1.29 is 4.79 Å². The number of hydrogen-bond donors (Lipinski definition) is 2. The van der Waals surface area contributed by atoms with Crippen LogP contribution in [0.2, 0.25) is 0 Å². The van der Waals surface area contributed by atoms with Crippen molar-refractivity contribution >= 4 is 17.5 Å². The highest BCUT2D eigenvalue weighted by Crippen LogP contribution is 2.14. The minimum Gasteiger partial charge on any atom is -0.308 e. The van der Waals surface area contributed by atoms with Crippen molar-refractivity contribution in [3.63, 3.8) is 0 Å². The molecule has 128 valence electrons. The summed E-state index contributed by atoms with van der Waals surface area (Å²) in [6.07, 6.45) is 6.88. The van der Waals surface area contributed by atoms with Crippen LogP contribution in [0.1, 0.15) is 25.3 Å². The van der Waals surface area contributed by atoms with E-state index in [1.54, 1.807) is 12.5 Å². The van der Waals surface area contributed by atoms with Crippen molar-refractivity contribution in [1.29, 1.82) is 0 Å². The normalized spacial score (nSPS) is 10.4. The minimum absolute atomic E-state index is 0.306. The summed E-state index contributed by atoms with van der Waals surface area (Å²) in [5.74, 6) is 0.501. The van der Waals surface area contributed by atoms with Gasteiger partial charge in [0.2, 0.25) is 0 Å². The molecule has 3 rings (SSSR count). The number of nitrogens with one attached hydrogen (secondary N) is 2. The van der Waals surface area contributed by atoms with Crippen LogP contribution in [0.5, 0.6) is 0 Å². The van der Waals surface area contributed by atoms with Crippen LogP contribution in [0.3, 0.4) is 0 Å². The highest BCUT2D eigenvalue weighted by atomic mass is 16.2. The maximum absolute atomic E-state index is 12.1. The second-order valence-electron chi connectivity index (χ2n) is 5.88. The van der Waals surface area contributed by atoms with Crippen molar-refractivity contribution in [2.24, 2.45) is 0 Å². The Bertz CT molecular complexity index is 809. The van der Waals surface area contributed by atoms with Gasteiger partial charge in [0.25, 0.3) is 0 Å². The zero-order valence-corrected chi connectivity index (χ0v) is 14.3. The van der Waals surface area contributed by atoms with Crippen LogP contribution < -0.4 is 10.6 Å². The van der Waals surface area contributed by atoms with Crippen molar-refractivity contribution in [1.82, 2.24) is 9.55 Å². The Morgan fingerprint density at radius 1 is 1.04 bits per heavy atom. The van der Waals surface area contributed by atoms with E-state index >= 15 is 0 Å². The van der Waals surface area contributed by atoms with Gasteiger partial charge in [-0.2, -0.15) is 0 Å². The molecular weight excluding hydrogens is 312 g/mol. The number of aromatic nitrogens is 2. The van der Waals surface area contributed by atoms with Crippen molar-refractivity contribution in [2.75, 3.05) is 10.6 Å². The Balaban J connectivity index is 1.57. The molecule has 0 unspecified atom stereocenters. The van der Waals surface area contributed by atoms with Gasteiger partial charge in [0, 0.05) is 11.4 Å². The third kappa shape index (κ3) is 4.70. The zero-order valence-electron chi connectivity index (χ0n) is 14.3. The molecule has 0 radical (unpaired) electrons. The minimum atomic E-state index is -0.306. The van der Waals surface area contributed by atoms with Gasteiger partial charge in [-0.3, -0.25) is 5.32 Å². The molecule has 5 heteroatoms. The van der Waals surface area contributed by atoms with Crippen LogP contribution >= 0.6 is 0 Å². The number of para-hydroxylation sites is 1. The fourth-order valence-electron chi connectivity index (χ4n) is 2.54. The summed E-state index contributed by atoms with van der Waals surface area (Å²) in [6.45, 7) is 2.18. The van der Waals surface area contributed by atoms with Gasteiger partial charge in [-0.15, -0.1) is 0 Å². The van der Waals surface area contributed by atoms with Gasteiger partial charge < -0.3 is 9.88 Å². The van der Waals surface area contributed by atoms with Crippen molar-refractivity contribution in [3.05, 3.63) is 72.7 Å². The van der Waals surface area contributed by atoms with E-state index < -0.39 is 0 Å². The van der Waals surface area contributed by atoms with Gasteiger partial charge in [0.05, 0.1) is 6.20 Å². The molecule has 3 aromatic rings. The number of unbranched alkanes of at least 4 members (excludes halogenated alkanes) is 1. The molecule has 0 aliphatic rings. The smallest absolute Gasteiger partial charge is 0.308 e. The first-order chi connectivity index (χ1) is 12.2. The monoisotopic (exact) mass is 334 g/mol.